The van der Waals surface area contributed by atoms with Crippen molar-refractivity contribution in [2.45, 2.75) is 20.0 Å². The van der Waals surface area contributed by atoms with Crippen LogP contribution < -0.4 is 4.90 Å². The number of aliphatic hydroxyl groups is 1. The van der Waals surface area contributed by atoms with Crippen LogP contribution in [0.4, 0.5) is 5.69 Å². The number of anilines is 1. The number of benzene rings is 2. The average molecular weight is 255 g/mol. The number of hydrogen-bond donors (Lipinski definition) is 1. The van der Waals surface area contributed by atoms with E-state index in [-0.39, 0.29) is 0 Å². The Kier molecular flexibility index (Phi) is 4.23. The molecule has 0 fully saturated rings. The van der Waals surface area contributed by atoms with Gasteiger partial charge in [0.05, 0.1) is 6.10 Å². The largest absolute Gasteiger partial charge is 0.387 e. The van der Waals surface area contributed by atoms with Crippen LogP contribution in [0.1, 0.15) is 22.8 Å². The Morgan fingerprint density at radius 2 is 1.79 bits per heavy atom. The van der Waals surface area contributed by atoms with E-state index < -0.39 is 6.10 Å². The Bertz CT molecular complexity index is 550. The first-order valence-electron chi connectivity index (χ1n) is 6.59. The second-order valence-corrected chi connectivity index (χ2v) is 5.09. The molecule has 2 nitrogen and oxygen atoms in total. The summed E-state index contributed by atoms with van der Waals surface area (Å²) in [7, 11) is 2.01. The van der Waals surface area contributed by atoms with Crippen LogP contribution in [0.5, 0.6) is 0 Å². The number of aryl methyl sites for hydroxylation is 2. The molecular weight excluding hydrogens is 234 g/mol. The molecule has 0 saturated heterocycles. The minimum Gasteiger partial charge on any atom is -0.387 e. The van der Waals surface area contributed by atoms with Gasteiger partial charge in [-0.15, -0.1) is 0 Å². The maximum Gasteiger partial charge on any atom is 0.0967 e. The number of likely N-dealkylation sites (N-methyl/N-ethyl adjacent to an activating group) is 1. The molecule has 0 saturated carbocycles. The van der Waals surface area contributed by atoms with Gasteiger partial charge in [0.25, 0.3) is 0 Å². The van der Waals surface area contributed by atoms with Gasteiger partial charge >= 0.3 is 0 Å². The third-order valence-corrected chi connectivity index (χ3v) is 3.44. The van der Waals surface area contributed by atoms with Crippen molar-refractivity contribution >= 4 is 5.69 Å². The Labute approximate surface area is 115 Å². The van der Waals surface area contributed by atoms with E-state index in [1.165, 1.54) is 5.56 Å². The predicted octanol–water partition coefficient (Wildman–Crippen LogP) is 3.47. The van der Waals surface area contributed by atoms with E-state index in [1.54, 1.807) is 0 Å². The minimum atomic E-state index is -0.466. The van der Waals surface area contributed by atoms with Crippen LogP contribution in [0.3, 0.4) is 0 Å². The summed E-state index contributed by atoms with van der Waals surface area (Å²) in [6.07, 6.45) is -0.466. The lowest BCUT2D eigenvalue weighted by Crippen LogP contribution is -2.24. The van der Waals surface area contributed by atoms with Crippen molar-refractivity contribution in [1.29, 1.82) is 0 Å². The molecule has 1 N–H and O–H groups in total. The number of hydrogen-bond acceptors (Lipinski definition) is 2. The van der Waals surface area contributed by atoms with Crippen molar-refractivity contribution in [3.63, 3.8) is 0 Å². The van der Waals surface area contributed by atoms with E-state index in [9.17, 15) is 5.11 Å². The molecule has 0 radical (unpaired) electrons. The van der Waals surface area contributed by atoms with E-state index in [0.29, 0.717) is 6.54 Å². The highest BCUT2D eigenvalue weighted by molar-refractivity contribution is 5.48. The number of aliphatic hydroxyl groups excluding tert-OH is 1. The maximum absolute atomic E-state index is 10.4. The number of rotatable bonds is 4. The van der Waals surface area contributed by atoms with Crippen LogP contribution in [0.2, 0.25) is 0 Å². The SMILES string of the molecule is Cc1cccc(N(C)CC(O)c2ccccc2C)c1. The van der Waals surface area contributed by atoms with Crippen LogP contribution in [-0.2, 0) is 0 Å². The summed E-state index contributed by atoms with van der Waals surface area (Å²) in [4.78, 5) is 2.09. The van der Waals surface area contributed by atoms with Crippen molar-refractivity contribution in [3.8, 4) is 0 Å². The minimum absolute atomic E-state index is 0.466. The second kappa shape index (κ2) is 5.89. The van der Waals surface area contributed by atoms with Gasteiger partial charge in [0, 0.05) is 19.3 Å². The standard InChI is InChI=1S/C17H21NO/c1-13-7-6-9-15(11-13)18(3)12-17(19)16-10-5-4-8-14(16)2/h4-11,17,19H,12H2,1-3H3. The molecule has 0 aromatic heterocycles. The van der Waals surface area contributed by atoms with Gasteiger partial charge in [-0.3, -0.25) is 0 Å². The van der Waals surface area contributed by atoms with Crippen LogP contribution in [-0.4, -0.2) is 18.7 Å². The molecule has 0 heterocycles. The molecule has 0 aliphatic heterocycles. The Morgan fingerprint density at radius 1 is 1.05 bits per heavy atom. The van der Waals surface area contributed by atoms with Crippen molar-refractivity contribution in [2.75, 3.05) is 18.5 Å². The zero-order valence-electron chi connectivity index (χ0n) is 11.8. The molecule has 2 rings (SSSR count). The molecule has 0 bridgehead atoms. The summed E-state index contributed by atoms with van der Waals surface area (Å²) < 4.78 is 0. The van der Waals surface area contributed by atoms with Gasteiger partial charge in [0.1, 0.15) is 0 Å². The van der Waals surface area contributed by atoms with E-state index in [2.05, 4.69) is 30.0 Å². The van der Waals surface area contributed by atoms with Gasteiger partial charge < -0.3 is 10.0 Å². The Morgan fingerprint density at radius 3 is 2.47 bits per heavy atom. The molecule has 0 aliphatic carbocycles. The molecule has 2 heteroatoms. The fourth-order valence-corrected chi connectivity index (χ4v) is 2.29. The summed E-state index contributed by atoms with van der Waals surface area (Å²) in [6, 6.07) is 16.3. The van der Waals surface area contributed by atoms with Crippen molar-refractivity contribution in [1.82, 2.24) is 0 Å². The zero-order valence-corrected chi connectivity index (χ0v) is 11.8. The fraction of sp³-hybridized carbons (Fsp3) is 0.294. The van der Waals surface area contributed by atoms with Crippen LogP contribution in [0.15, 0.2) is 48.5 Å². The summed E-state index contributed by atoms with van der Waals surface area (Å²) in [6.45, 7) is 4.70. The zero-order chi connectivity index (χ0) is 13.8. The lowest BCUT2D eigenvalue weighted by atomic mass is 10.0. The molecule has 0 amide bonds. The molecule has 0 spiro atoms. The fourth-order valence-electron chi connectivity index (χ4n) is 2.29. The summed E-state index contributed by atoms with van der Waals surface area (Å²) >= 11 is 0. The second-order valence-electron chi connectivity index (χ2n) is 5.09. The van der Waals surface area contributed by atoms with Crippen LogP contribution in [0, 0.1) is 13.8 Å². The smallest absolute Gasteiger partial charge is 0.0967 e. The quantitative estimate of drug-likeness (QED) is 0.904. The molecule has 19 heavy (non-hydrogen) atoms. The third-order valence-electron chi connectivity index (χ3n) is 3.44. The third kappa shape index (κ3) is 3.36. The first-order chi connectivity index (χ1) is 9.08. The van der Waals surface area contributed by atoms with Crippen LogP contribution in [0.25, 0.3) is 0 Å². The topological polar surface area (TPSA) is 23.5 Å². The van der Waals surface area contributed by atoms with E-state index in [1.807, 2.05) is 44.3 Å². The van der Waals surface area contributed by atoms with E-state index in [4.69, 9.17) is 0 Å². The summed E-state index contributed by atoms with van der Waals surface area (Å²) in [5.74, 6) is 0. The first-order valence-corrected chi connectivity index (χ1v) is 6.59. The predicted molar refractivity (Wildman–Crippen MR) is 80.6 cm³/mol. The van der Waals surface area contributed by atoms with E-state index in [0.717, 1.165) is 16.8 Å². The molecule has 2 aromatic carbocycles. The lowest BCUT2D eigenvalue weighted by molar-refractivity contribution is 0.184. The van der Waals surface area contributed by atoms with Crippen molar-refractivity contribution in [3.05, 3.63) is 65.2 Å². The molecule has 100 valence electrons. The highest BCUT2D eigenvalue weighted by Gasteiger charge is 2.12. The highest BCUT2D eigenvalue weighted by atomic mass is 16.3. The molecule has 1 atom stereocenters. The lowest BCUT2D eigenvalue weighted by Gasteiger charge is -2.24. The Hall–Kier alpha value is -1.80. The summed E-state index contributed by atoms with van der Waals surface area (Å²) in [5, 5.41) is 10.4. The van der Waals surface area contributed by atoms with Gasteiger partial charge in [0.15, 0.2) is 0 Å². The van der Waals surface area contributed by atoms with Crippen LogP contribution >= 0.6 is 0 Å². The molecule has 0 aliphatic rings. The van der Waals surface area contributed by atoms with Crippen molar-refractivity contribution < 1.29 is 5.11 Å². The van der Waals surface area contributed by atoms with Gasteiger partial charge in [-0.1, -0.05) is 36.4 Å². The van der Waals surface area contributed by atoms with Gasteiger partial charge in [-0.2, -0.15) is 0 Å². The van der Waals surface area contributed by atoms with Gasteiger partial charge in [0.2, 0.25) is 0 Å². The average Bonchev–Trinajstić information content (AvgIpc) is 2.39. The molecule has 1 unspecified atom stereocenters. The monoisotopic (exact) mass is 255 g/mol. The van der Waals surface area contributed by atoms with E-state index >= 15 is 0 Å². The molecule has 2 aromatic rings. The van der Waals surface area contributed by atoms with Gasteiger partial charge in [-0.05, 0) is 42.7 Å². The highest BCUT2D eigenvalue weighted by Crippen LogP contribution is 2.21. The van der Waals surface area contributed by atoms with Crippen molar-refractivity contribution in [2.24, 2.45) is 0 Å². The summed E-state index contributed by atoms with van der Waals surface area (Å²) in [5.41, 5.74) is 4.50. The Balaban J connectivity index is 2.11. The normalized spacial score (nSPS) is 12.2. The first kappa shape index (κ1) is 13.6. The maximum atomic E-state index is 10.4. The van der Waals surface area contributed by atoms with Gasteiger partial charge in [-0.25, -0.2) is 0 Å². The molecular formula is C17H21NO. The number of nitrogens with zero attached hydrogens (tertiary/aromatic N) is 1.